The molecule has 1 fully saturated rings. The van der Waals surface area contributed by atoms with Gasteiger partial charge in [0.05, 0.1) is 31.6 Å². The van der Waals surface area contributed by atoms with E-state index in [9.17, 15) is 0 Å². The molecular formula is C26H25N5O2S. The van der Waals surface area contributed by atoms with E-state index in [0.29, 0.717) is 17.4 Å². The molecule has 1 aromatic carbocycles. The van der Waals surface area contributed by atoms with Crippen molar-refractivity contribution in [3.8, 4) is 11.5 Å². The van der Waals surface area contributed by atoms with Crippen molar-refractivity contribution >= 4 is 23.0 Å². The fourth-order valence-electron chi connectivity index (χ4n) is 4.43. The molecule has 0 radical (unpaired) electrons. The molecule has 5 rings (SSSR count). The molecule has 0 unspecified atom stereocenters. The van der Waals surface area contributed by atoms with Crippen LogP contribution in [-0.4, -0.2) is 33.9 Å². The molecule has 1 N–H and O–H groups in total. The van der Waals surface area contributed by atoms with Crippen molar-refractivity contribution in [2.24, 2.45) is 0 Å². The number of hydrogen-bond donors (Lipinski definition) is 1. The molecule has 3 aromatic heterocycles. The fraction of sp³-hybridized carbons (Fsp3) is 0.192. The molecule has 1 aliphatic heterocycles. The first-order chi connectivity index (χ1) is 16.7. The van der Waals surface area contributed by atoms with Crippen LogP contribution in [0.5, 0.6) is 11.5 Å². The van der Waals surface area contributed by atoms with E-state index in [4.69, 9.17) is 21.7 Å². The number of aromatic nitrogens is 3. The molecular weight excluding hydrogens is 446 g/mol. The minimum absolute atomic E-state index is 0.150. The molecule has 0 spiro atoms. The van der Waals surface area contributed by atoms with Crippen LogP contribution in [0, 0.1) is 0 Å². The average molecular weight is 472 g/mol. The highest BCUT2D eigenvalue weighted by Crippen LogP contribution is 2.45. The Morgan fingerprint density at radius 3 is 2.65 bits per heavy atom. The maximum Gasteiger partial charge on any atom is 0.174 e. The molecule has 0 bridgehead atoms. The van der Waals surface area contributed by atoms with Crippen molar-refractivity contribution in [2.45, 2.75) is 18.6 Å². The first-order valence-electron chi connectivity index (χ1n) is 11.0. The molecule has 1 saturated heterocycles. The summed E-state index contributed by atoms with van der Waals surface area (Å²) in [5.41, 5.74) is 4.00. The summed E-state index contributed by atoms with van der Waals surface area (Å²) in [6.07, 6.45) is 7.57. The predicted octanol–water partition coefficient (Wildman–Crippen LogP) is 4.52. The third kappa shape index (κ3) is 4.08. The van der Waals surface area contributed by atoms with E-state index >= 15 is 0 Å². The van der Waals surface area contributed by atoms with Crippen LogP contribution in [-0.2, 0) is 6.54 Å². The van der Waals surface area contributed by atoms with Gasteiger partial charge in [-0.1, -0.05) is 12.1 Å². The maximum atomic E-state index is 5.87. The van der Waals surface area contributed by atoms with Gasteiger partial charge in [0.15, 0.2) is 5.11 Å². The SMILES string of the molecule is COc1ccc(N2C(=S)N[C@@H](c3ccccn3)[C@@H]2c2cccn2Cc2cccnc2)c(OC)c1. The van der Waals surface area contributed by atoms with E-state index in [-0.39, 0.29) is 12.1 Å². The third-order valence-electron chi connectivity index (χ3n) is 5.99. The largest absolute Gasteiger partial charge is 0.497 e. The summed E-state index contributed by atoms with van der Waals surface area (Å²) in [6.45, 7) is 0.696. The highest BCUT2D eigenvalue weighted by Gasteiger charge is 2.43. The Morgan fingerprint density at radius 1 is 1.00 bits per heavy atom. The molecule has 2 atom stereocenters. The van der Waals surface area contributed by atoms with Gasteiger partial charge in [-0.05, 0) is 60.2 Å². The van der Waals surface area contributed by atoms with Crippen molar-refractivity contribution in [1.82, 2.24) is 19.9 Å². The Labute approximate surface area is 204 Å². The number of anilines is 1. The van der Waals surface area contributed by atoms with Crippen molar-refractivity contribution in [2.75, 3.05) is 19.1 Å². The zero-order valence-electron chi connectivity index (χ0n) is 19.0. The predicted molar refractivity (Wildman–Crippen MR) is 135 cm³/mol. The summed E-state index contributed by atoms with van der Waals surface area (Å²) in [7, 11) is 3.29. The van der Waals surface area contributed by atoms with E-state index < -0.39 is 0 Å². The maximum absolute atomic E-state index is 5.87. The highest BCUT2D eigenvalue weighted by atomic mass is 32.1. The van der Waals surface area contributed by atoms with Gasteiger partial charge in [0.2, 0.25) is 0 Å². The number of rotatable bonds is 7. The van der Waals surface area contributed by atoms with Gasteiger partial charge in [0, 0.05) is 43.1 Å². The van der Waals surface area contributed by atoms with Gasteiger partial charge in [-0.25, -0.2) is 0 Å². The van der Waals surface area contributed by atoms with E-state index in [2.05, 4.69) is 49.1 Å². The first kappa shape index (κ1) is 21.9. The Balaban J connectivity index is 1.63. The molecule has 4 aromatic rings. The van der Waals surface area contributed by atoms with E-state index in [1.807, 2.05) is 54.9 Å². The van der Waals surface area contributed by atoms with Crippen LogP contribution in [0.1, 0.15) is 29.0 Å². The molecule has 0 saturated carbocycles. The summed E-state index contributed by atoms with van der Waals surface area (Å²) in [5.74, 6) is 1.40. The molecule has 4 heterocycles. The molecule has 1 aliphatic rings. The summed E-state index contributed by atoms with van der Waals surface area (Å²) < 4.78 is 13.4. The van der Waals surface area contributed by atoms with Crippen LogP contribution in [0.15, 0.2) is 85.5 Å². The standard InChI is InChI=1S/C26H25N5O2S/c1-32-19-10-11-21(23(15-19)33-2)31-25(24(29-26(31)34)20-8-3-4-13-28-20)22-9-6-14-30(22)17-18-7-5-12-27-16-18/h3-16,24-25H,17H2,1-2H3,(H,29,34)/t24-,25-/m0/s1. The second-order valence-electron chi connectivity index (χ2n) is 7.96. The van der Waals surface area contributed by atoms with Crippen molar-refractivity contribution < 1.29 is 9.47 Å². The normalized spacial score (nSPS) is 17.5. The summed E-state index contributed by atoms with van der Waals surface area (Å²) in [5, 5.41) is 4.12. The Kier molecular flexibility index (Phi) is 6.14. The topological polar surface area (TPSA) is 64.4 Å². The Morgan fingerprint density at radius 2 is 1.91 bits per heavy atom. The minimum Gasteiger partial charge on any atom is -0.497 e. The highest BCUT2D eigenvalue weighted by molar-refractivity contribution is 7.80. The lowest BCUT2D eigenvalue weighted by Crippen LogP contribution is -2.30. The third-order valence-corrected chi connectivity index (χ3v) is 6.30. The van der Waals surface area contributed by atoms with Gasteiger partial charge >= 0.3 is 0 Å². The number of nitrogens with one attached hydrogen (secondary N) is 1. The van der Waals surface area contributed by atoms with E-state index in [1.165, 1.54) is 0 Å². The Bertz CT molecular complexity index is 1280. The minimum atomic E-state index is -0.156. The lowest BCUT2D eigenvalue weighted by molar-refractivity contribution is 0.394. The van der Waals surface area contributed by atoms with Gasteiger partial charge < -0.3 is 24.3 Å². The van der Waals surface area contributed by atoms with Crippen LogP contribution in [0.4, 0.5) is 5.69 Å². The summed E-state index contributed by atoms with van der Waals surface area (Å²) in [6, 6.07) is 19.6. The number of pyridine rings is 2. The fourth-order valence-corrected chi connectivity index (χ4v) is 4.77. The zero-order valence-corrected chi connectivity index (χ0v) is 19.8. The van der Waals surface area contributed by atoms with Crippen LogP contribution < -0.4 is 19.7 Å². The van der Waals surface area contributed by atoms with Crippen LogP contribution in [0.25, 0.3) is 0 Å². The Hall–Kier alpha value is -3.91. The quantitative estimate of drug-likeness (QED) is 0.398. The van der Waals surface area contributed by atoms with Gasteiger partial charge in [0.25, 0.3) is 0 Å². The van der Waals surface area contributed by atoms with Crippen molar-refractivity contribution in [1.29, 1.82) is 0 Å². The molecule has 0 amide bonds. The van der Waals surface area contributed by atoms with Crippen LogP contribution in [0.3, 0.4) is 0 Å². The van der Waals surface area contributed by atoms with Gasteiger partial charge in [0.1, 0.15) is 17.5 Å². The van der Waals surface area contributed by atoms with E-state index in [1.54, 1.807) is 20.4 Å². The van der Waals surface area contributed by atoms with Crippen molar-refractivity contribution in [3.05, 3.63) is 102 Å². The average Bonchev–Trinajstić information content (AvgIpc) is 3.48. The van der Waals surface area contributed by atoms with Crippen LogP contribution >= 0.6 is 12.2 Å². The molecule has 8 heteroatoms. The van der Waals surface area contributed by atoms with Crippen molar-refractivity contribution in [3.63, 3.8) is 0 Å². The second-order valence-corrected chi connectivity index (χ2v) is 8.34. The molecule has 7 nitrogen and oxygen atoms in total. The summed E-state index contributed by atoms with van der Waals surface area (Å²) in [4.78, 5) is 11.0. The number of hydrogen-bond acceptors (Lipinski definition) is 5. The lowest BCUT2D eigenvalue weighted by Gasteiger charge is -2.30. The molecule has 0 aliphatic carbocycles. The van der Waals surface area contributed by atoms with E-state index in [0.717, 1.165) is 28.4 Å². The van der Waals surface area contributed by atoms with Gasteiger partial charge in [-0.2, -0.15) is 0 Å². The number of methoxy groups -OCH3 is 2. The second kappa shape index (κ2) is 9.52. The smallest absolute Gasteiger partial charge is 0.174 e. The number of thiocarbonyl (C=S) groups is 1. The molecule has 34 heavy (non-hydrogen) atoms. The van der Waals surface area contributed by atoms with Gasteiger partial charge in [-0.15, -0.1) is 0 Å². The van der Waals surface area contributed by atoms with Crippen LogP contribution in [0.2, 0.25) is 0 Å². The number of ether oxygens (including phenoxy) is 2. The number of benzene rings is 1. The number of nitrogens with zero attached hydrogens (tertiary/aromatic N) is 4. The lowest BCUT2D eigenvalue weighted by atomic mass is 10.0. The zero-order chi connectivity index (χ0) is 23.5. The summed E-state index contributed by atoms with van der Waals surface area (Å²) >= 11 is 5.87. The first-order valence-corrected chi connectivity index (χ1v) is 11.4. The molecule has 172 valence electrons. The monoisotopic (exact) mass is 471 g/mol. The van der Waals surface area contributed by atoms with Gasteiger partial charge in [-0.3, -0.25) is 9.97 Å².